The highest BCUT2D eigenvalue weighted by Crippen LogP contribution is 2.36. The lowest BCUT2D eigenvalue weighted by molar-refractivity contribution is -0.143. The molecule has 230 valence electrons. The number of thiophene rings is 1. The van der Waals surface area contributed by atoms with Gasteiger partial charge in [-0.2, -0.15) is 18.3 Å². The number of rotatable bonds is 8. The highest BCUT2D eigenvalue weighted by Gasteiger charge is 2.41. The number of carboxylic acid groups (broad SMARTS) is 1. The van der Waals surface area contributed by atoms with Crippen molar-refractivity contribution in [3.63, 3.8) is 0 Å². The summed E-state index contributed by atoms with van der Waals surface area (Å²) < 4.78 is 48.0. The topological polar surface area (TPSA) is 97.6 Å². The Kier molecular flexibility index (Phi) is 8.19. The van der Waals surface area contributed by atoms with Gasteiger partial charge in [-0.25, -0.2) is 14.5 Å². The number of piperidine rings is 1. The number of halogens is 3. The lowest BCUT2D eigenvalue weighted by Gasteiger charge is -2.36. The molecule has 2 fully saturated rings. The van der Waals surface area contributed by atoms with Crippen molar-refractivity contribution in [1.29, 1.82) is 0 Å². The van der Waals surface area contributed by atoms with Crippen LogP contribution in [0.2, 0.25) is 0 Å². The fourth-order valence-corrected chi connectivity index (χ4v) is 6.76. The fourth-order valence-electron chi connectivity index (χ4n) is 5.88. The van der Waals surface area contributed by atoms with E-state index in [-0.39, 0.29) is 18.3 Å². The maximum absolute atomic E-state index is 13.8. The van der Waals surface area contributed by atoms with Crippen molar-refractivity contribution in [2.24, 2.45) is 5.92 Å². The second-order valence-electron chi connectivity index (χ2n) is 11.3. The third-order valence-corrected chi connectivity index (χ3v) is 9.49. The number of amides is 1. The standard InChI is InChI=1S/C32H31F3N4O4S/c1-19-16-22(20-10-13-38(14-11-20)30(40)21-4-2-5-21)8-9-26(19)43-18-23-12-15-44-28(23)25-6-3-7-27(37-25)39-29(32(33,34)35)24(17-36-39)31(41)42/h3,6-9,12,15-17,20-21H,2,4-5,10-11,13-14,18H2,1H3,(H,41,42). The first-order valence-corrected chi connectivity index (χ1v) is 15.4. The lowest BCUT2D eigenvalue weighted by atomic mass is 9.83. The van der Waals surface area contributed by atoms with Gasteiger partial charge in [-0.05, 0) is 79.3 Å². The van der Waals surface area contributed by atoms with Crippen LogP contribution >= 0.6 is 11.3 Å². The van der Waals surface area contributed by atoms with Crippen molar-refractivity contribution < 1.29 is 32.6 Å². The van der Waals surface area contributed by atoms with Crippen LogP contribution < -0.4 is 4.74 Å². The van der Waals surface area contributed by atoms with E-state index in [2.05, 4.69) is 22.2 Å². The maximum atomic E-state index is 13.8. The fraction of sp³-hybridized carbons (Fsp3) is 0.375. The third kappa shape index (κ3) is 5.95. The molecule has 0 radical (unpaired) electrons. The molecule has 4 aromatic rings. The quantitative estimate of drug-likeness (QED) is 0.225. The Morgan fingerprint density at radius 3 is 2.52 bits per heavy atom. The van der Waals surface area contributed by atoms with E-state index in [1.807, 2.05) is 29.3 Å². The molecule has 1 saturated carbocycles. The van der Waals surface area contributed by atoms with Crippen LogP contribution in [0.4, 0.5) is 13.2 Å². The molecule has 0 spiro atoms. The van der Waals surface area contributed by atoms with Crippen molar-refractivity contribution in [3.05, 3.63) is 82.0 Å². The van der Waals surface area contributed by atoms with Crippen molar-refractivity contribution >= 4 is 23.2 Å². The number of hydrogen-bond acceptors (Lipinski definition) is 6. The van der Waals surface area contributed by atoms with Crippen LogP contribution in [0.3, 0.4) is 0 Å². The van der Waals surface area contributed by atoms with E-state index in [1.54, 1.807) is 12.1 Å². The SMILES string of the molecule is Cc1cc(C2CCN(C(=O)C3CCC3)CC2)ccc1OCc1ccsc1-c1cccc(-n2ncc(C(=O)O)c2C(F)(F)F)n1. The van der Waals surface area contributed by atoms with Crippen molar-refractivity contribution in [2.75, 3.05) is 13.1 Å². The highest BCUT2D eigenvalue weighted by atomic mass is 32.1. The maximum Gasteiger partial charge on any atom is 0.434 e. The largest absolute Gasteiger partial charge is 0.489 e. The second-order valence-corrected chi connectivity index (χ2v) is 12.2. The van der Waals surface area contributed by atoms with E-state index in [1.165, 1.54) is 23.0 Å². The average molecular weight is 625 g/mol. The molecular weight excluding hydrogens is 593 g/mol. The Balaban J connectivity index is 1.14. The first-order chi connectivity index (χ1) is 21.1. The monoisotopic (exact) mass is 624 g/mol. The van der Waals surface area contributed by atoms with Crippen LogP contribution in [0, 0.1) is 12.8 Å². The minimum atomic E-state index is -4.94. The zero-order valence-corrected chi connectivity index (χ0v) is 24.8. The van der Waals surface area contributed by atoms with Gasteiger partial charge in [0.2, 0.25) is 5.91 Å². The second kappa shape index (κ2) is 12.1. The van der Waals surface area contributed by atoms with Gasteiger partial charge in [-0.15, -0.1) is 11.3 Å². The highest BCUT2D eigenvalue weighted by molar-refractivity contribution is 7.13. The first-order valence-electron chi connectivity index (χ1n) is 14.5. The van der Waals surface area contributed by atoms with Crippen LogP contribution in [0.1, 0.15) is 70.8 Å². The molecule has 1 aromatic carbocycles. The minimum Gasteiger partial charge on any atom is -0.489 e. The molecule has 44 heavy (non-hydrogen) atoms. The first kappa shape index (κ1) is 29.9. The van der Waals surface area contributed by atoms with Gasteiger partial charge in [0.25, 0.3) is 0 Å². The summed E-state index contributed by atoms with van der Waals surface area (Å²) in [4.78, 5) is 31.2. The number of nitrogens with zero attached hydrogens (tertiary/aromatic N) is 4. The molecule has 4 heterocycles. The van der Waals surface area contributed by atoms with Crippen LogP contribution in [-0.2, 0) is 17.6 Å². The van der Waals surface area contributed by atoms with Crippen LogP contribution in [-0.4, -0.2) is 49.7 Å². The molecule has 0 unspecified atom stereocenters. The van der Waals surface area contributed by atoms with Gasteiger partial charge in [0, 0.05) is 24.6 Å². The van der Waals surface area contributed by atoms with Gasteiger partial charge >= 0.3 is 12.1 Å². The van der Waals surface area contributed by atoms with Gasteiger partial charge < -0.3 is 14.7 Å². The molecule has 3 aromatic heterocycles. The summed E-state index contributed by atoms with van der Waals surface area (Å²) in [5, 5.41) is 14.8. The number of hydrogen-bond donors (Lipinski definition) is 1. The summed E-state index contributed by atoms with van der Waals surface area (Å²) in [6, 6.07) is 12.7. The van der Waals surface area contributed by atoms with Crippen LogP contribution in [0.25, 0.3) is 16.4 Å². The van der Waals surface area contributed by atoms with E-state index in [4.69, 9.17) is 4.74 Å². The number of aryl methyl sites for hydroxylation is 1. The summed E-state index contributed by atoms with van der Waals surface area (Å²) in [5.74, 6) is -0.176. The summed E-state index contributed by atoms with van der Waals surface area (Å²) in [6.07, 6.45) is 0.845. The number of pyridine rings is 1. The van der Waals surface area contributed by atoms with E-state index < -0.39 is 23.4 Å². The number of aromatic nitrogens is 3. The van der Waals surface area contributed by atoms with Crippen molar-refractivity contribution in [2.45, 2.75) is 57.7 Å². The molecule has 6 rings (SSSR count). The number of carbonyl (C=O) groups excluding carboxylic acids is 1. The molecular formula is C32H31F3N4O4S. The number of carbonyl (C=O) groups is 2. The predicted molar refractivity (Wildman–Crippen MR) is 158 cm³/mol. The van der Waals surface area contributed by atoms with Gasteiger partial charge in [0.1, 0.15) is 17.9 Å². The van der Waals surface area contributed by atoms with E-state index >= 15 is 0 Å². The number of aromatic carboxylic acids is 1. The smallest absolute Gasteiger partial charge is 0.434 e. The minimum absolute atomic E-state index is 0.146. The molecule has 8 nitrogen and oxygen atoms in total. The van der Waals surface area contributed by atoms with Gasteiger partial charge in [-0.1, -0.05) is 24.6 Å². The average Bonchev–Trinajstić information content (AvgIpc) is 3.64. The van der Waals surface area contributed by atoms with Crippen molar-refractivity contribution in [1.82, 2.24) is 19.7 Å². The van der Waals surface area contributed by atoms with E-state index in [9.17, 15) is 27.9 Å². The zero-order chi connectivity index (χ0) is 31.0. The molecule has 1 aliphatic heterocycles. The molecule has 1 N–H and O–H groups in total. The van der Waals surface area contributed by atoms with Gasteiger partial charge in [-0.3, -0.25) is 4.79 Å². The number of alkyl halides is 3. The van der Waals surface area contributed by atoms with Crippen LogP contribution in [0.5, 0.6) is 5.75 Å². The van der Waals surface area contributed by atoms with Gasteiger partial charge in [0.15, 0.2) is 11.5 Å². The van der Waals surface area contributed by atoms with E-state index in [0.717, 1.165) is 66.9 Å². The summed E-state index contributed by atoms with van der Waals surface area (Å²) in [7, 11) is 0. The predicted octanol–water partition coefficient (Wildman–Crippen LogP) is 7.11. The zero-order valence-electron chi connectivity index (χ0n) is 24.0. The van der Waals surface area contributed by atoms with Crippen molar-refractivity contribution in [3.8, 4) is 22.1 Å². The molecule has 1 amide bonds. The van der Waals surface area contributed by atoms with E-state index in [0.29, 0.717) is 28.4 Å². The summed E-state index contributed by atoms with van der Waals surface area (Å²) >= 11 is 1.38. The number of benzene rings is 1. The molecule has 1 saturated heterocycles. The molecule has 0 atom stereocenters. The molecule has 12 heteroatoms. The number of carboxylic acids is 1. The lowest BCUT2D eigenvalue weighted by Crippen LogP contribution is -2.43. The summed E-state index contributed by atoms with van der Waals surface area (Å²) in [6.45, 7) is 3.82. The Hall–Kier alpha value is -4.19. The Labute approximate surface area is 256 Å². The Bertz CT molecular complexity index is 1690. The number of ether oxygens (including phenoxy) is 1. The molecule has 1 aliphatic carbocycles. The Morgan fingerprint density at radius 2 is 1.86 bits per heavy atom. The third-order valence-electron chi connectivity index (χ3n) is 8.51. The normalized spacial score (nSPS) is 16.1. The van der Waals surface area contributed by atoms with Crippen LogP contribution in [0.15, 0.2) is 54.0 Å². The summed E-state index contributed by atoms with van der Waals surface area (Å²) in [5.41, 5.74) is 1.14. The Morgan fingerprint density at radius 1 is 1.09 bits per heavy atom. The molecule has 2 aliphatic rings. The number of likely N-dealkylation sites (tertiary alicyclic amines) is 1. The van der Waals surface area contributed by atoms with Gasteiger partial charge in [0.05, 0.1) is 16.8 Å². The molecule has 0 bridgehead atoms.